The van der Waals surface area contributed by atoms with Crippen LogP contribution in [0.25, 0.3) is 0 Å². The zero-order chi connectivity index (χ0) is 21.2. The minimum Gasteiger partial charge on any atom is -0.481 e. The van der Waals surface area contributed by atoms with Crippen LogP contribution in [0.2, 0.25) is 0 Å². The molecule has 4 aliphatic carbocycles. The van der Waals surface area contributed by atoms with Crippen molar-refractivity contribution in [3.63, 3.8) is 0 Å². The molecule has 4 rings (SSSR count). The Hall–Kier alpha value is 0.0134. The number of hydrogen-bond donors (Lipinski definition) is 1. The van der Waals surface area contributed by atoms with E-state index in [1.165, 1.54) is 38.5 Å². The molecule has 0 heterocycles. The Morgan fingerprint density at radius 2 is 1.38 bits per heavy atom. The molecule has 0 unspecified atom stereocenters. The summed E-state index contributed by atoms with van der Waals surface area (Å²) < 4.78 is -1.04. The average molecular weight is 499 g/mol. The first-order valence-electron chi connectivity index (χ1n) is 10.6. The van der Waals surface area contributed by atoms with E-state index in [1.54, 1.807) is 0 Å². The first kappa shape index (κ1) is 27.0. The van der Waals surface area contributed by atoms with E-state index in [9.17, 15) is 9.59 Å². The monoisotopic (exact) mass is 496 g/mol. The number of rotatable bonds is 4. The Morgan fingerprint density at radius 3 is 1.69 bits per heavy atom. The van der Waals surface area contributed by atoms with Crippen molar-refractivity contribution in [2.75, 3.05) is 0 Å². The topological polar surface area (TPSA) is 71.4 Å². The van der Waals surface area contributed by atoms with Gasteiger partial charge in [-0.2, -0.15) is 0 Å². The van der Waals surface area contributed by atoms with Gasteiger partial charge in [0.2, 0.25) is 0 Å². The Morgan fingerprint density at radius 1 is 0.966 bits per heavy atom. The van der Waals surface area contributed by atoms with Crippen LogP contribution in [0.4, 0.5) is 0 Å². The van der Waals surface area contributed by atoms with Crippen molar-refractivity contribution in [3.8, 4) is 0 Å². The molecule has 0 aromatic heterocycles. The maximum Gasteiger partial charge on any atom is 0.300 e. The summed E-state index contributed by atoms with van der Waals surface area (Å²) in [5, 5.41) is 7.42. The van der Waals surface area contributed by atoms with Crippen LogP contribution < -0.4 is 0 Å². The normalized spacial score (nSPS) is 26.9. The molecular weight excluding hydrogens is 465 g/mol. The summed E-state index contributed by atoms with van der Waals surface area (Å²) in [6.45, 7) is 5.52. The molecule has 0 atom stereocenters. The van der Waals surface area contributed by atoms with Gasteiger partial charge in [-0.1, -0.05) is 62.7 Å². The van der Waals surface area contributed by atoms with Gasteiger partial charge in [0, 0.05) is 51.1 Å². The molecule has 0 aromatic carbocycles. The summed E-state index contributed by atoms with van der Waals surface area (Å²) in [7, 11) is 0. The van der Waals surface area contributed by atoms with Crippen molar-refractivity contribution in [1.82, 2.24) is 0 Å². The van der Waals surface area contributed by atoms with Gasteiger partial charge in [0.1, 0.15) is 5.78 Å². The zero-order valence-corrected chi connectivity index (χ0v) is 22.5. The first-order valence-corrected chi connectivity index (χ1v) is 11.4. The van der Waals surface area contributed by atoms with Crippen molar-refractivity contribution in [2.45, 2.75) is 95.7 Å². The molecule has 0 aromatic rings. The van der Waals surface area contributed by atoms with Gasteiger partial charge in [-0.3, -0.25) is 14.4 Å². The number of alkyl halides is 2. The Bertz CT molecular complexity index is 594. The van der Waals surface area contributed by atoms with E-state index < -0.39 is 10.3 Å². The fourth-order valence-electron chi connectivity index (χ4n) is 5.63. The van der Waals surface area contributed by atoms with E-state index >= 15 is 0 Å². The SMILES string of the molecule is CC(=O)O.CCCC1CC2(CC(=O)C2(Cl)Cl)C1.CCCC1CC2(CC(=O)C2)C1.[Zn]. The third kappa shape index (κ3) is 6.04. The molecule has 2 spiro atoms. The van der Waals surface area contributed by atoms with Crippen molar-refractivity contribution in [3.05, 3.63) is 0 Å². The molecule has 162 valence electrons. The predicted octanol–water partition coefficient (Wildman–Crippen LogP) is 5.96. The summed E-state index contributed by atoms with van der Waals surface area (Å²) in [5.41, 5.74) is 0.504. The average Bonchev–Trinajstić information content (AvgIpc) is 2.49. The van der Waals surface area contributed by atoms with Gasteiger partial charge in [0.25, 0.3) is 5.97 Å². The number of Topliss-reactive ketones (excluding diaryl/α,β-unsaturated/α-hetero) is 2. The Balaban J connectivity index is 0.000000241. The second-order valence-electron chi connectivity index (χ2n) is 9.49. The van der Waals surface area contributed by atoms with E-state index in [4.69, 9.17) is 33.1 Å². The molecule has 7 heteroatoms. The maximum absolute atomic E-state index is 11.2. The standard InChI is InChI=1S/C10H14Cl2O.C10H16O.C2H4O2.Zn/c1-2-3-7-4-9(5-7)6-8(13)10(9,11)12;1-2-3-8-4-10(5-8)6-9(11)7-10;1-2(3)4;/h7H,2-6H2,1H3;8H,2-7H2,1H3;1H3,(H,3,4);. The molecular formula is C22H34Cl2O4Zn. The third-order valence-electron chi connectivity index (χ3n) is 6.86. The first-order chi connectivity index (χ1) is 13.0. The van der Waals surface area contributed by atoms with Crippen molar-refractivity contribution in [1.29, 1.82) is 0 Å². The van der Waals surface area contributed by atoms with Crippen LogP contribution in [0, 0.1) is 22.7 Å². The van der Waals surface area contributed by atoms with E-state index in [-0.39, 0.29) is 30.7 Å². The molecule has 4 nitrogen and oxygen atoms in total. The summed E-state index contributed by atoms with van der Waals surface area (Å²) in [6.07, 6.45) is 12.4. The van der Waals surface area contributed by atoms with Gasteiger partial charge in [-0.05, 0) is 42.9 Å². The fourth-order valence-corrected chi connectivity index (χ4v) is 6.20. The Kier molecular flexibility index (Phi) is 9.84. The van der Waals surface area contributed by atoms with Crippen LogP contribution in [0.3, 0.4) is 0 Å². The number of halogens is 2. The molecule has 1 N–H and O–H groups in total. The fraction of sp³-hybridized carbons (Fsp3) is 0.864. The maximum atomic E-state index is 11.2. The second kappa shape index (κ2) is 10.6. The number of carbonyl (C=O) groups is 3. The van der Waals surface area contributed by atoms with Gasteiger partial charge < -0.3 is 5.11 Å². The predicted molar refractivity (Wildman–Crippen MR) is 112 cm³/mol. The minimum absolute atomic E-state index is 0. The smallest absolute Gasteiger partial charge is 0.300 e. The molecule has 4 saturated carbocycles. The van der Waals surface area contributed by atoms with Crippen molar-refractivity contribution < 1.29 is 39.0 Å². The van der Waals surface area contributed by atoms with Crippen LogP contribution >= 0.6 is 23.2 Å². The number of aliphatic carboxylic acids is 1. The minimum atomic E-state index is -1.04. The van der Waals surface area contributed by atoms with Crippen LogP contribution in [0.15, 0.2) is 0 Å². The number of hydrogen-bond acceptors (Lipinski definition) is 3. The van der Waals surface area contributed by atoms with Gasteiger partial charge in [0.05, 0.1) is 0 Å². The number of carboxylic acids is 1. The molecule has 0 saturated heterocycles. The molecule has 4 aliphatic rings. The molecule has 0 aliphatic heterocycles. The third-order valence-corrected chi connectivity index (χ3v) is 8.08. The van der Waals surface area contributed by atoms with Crippen LogP contribution in [0.5, 0.6) is 0 Å². The Labute approximate surface area is 197 Å². The van der Waals surface area contributed by atoms with Gasteiger partial charge >= 0.3 is 0 Å². The number of ketones is 2. The summed E-state index contributed by atoms with van der Waals surface area (Å²) in [4.78, 5) is 30.9. The molecule has 0 bridgehead atoms. The van der Waals surface area contributed by atoms with Gasteiger partial charge in [0.15, 0.2) is 10.1 Å². The van der Waals surface area contributed by atoms with E-state index in [2.05, 4.69) is 13.8 Å². The number of carboxylic acid groups (broad SMARTS) is 1. The number of carbonyl (C=O) groups excluding carboxylic acids is 2. The molecule has 0 amide bonds. The largest absolute Gasteiger partial charge is 0.481 e. The van der Waals surface area contributed by atoms with E-state index in [0.29, 0.717) is 17.6 Å². The van der Waals surface area contributed by atoms with Crippen LogP contribution in [-0.2, 0) is 33.9 Å². The molecule has 0 radical (unpaired) electrons. The summed E-state index contributed by atoms with van der Waals surface area (Å²) in [5.74, 6) is 1.41. The van der Waals surface area contributed by atoms with Gasteiger partial charge in [-0.25, -0.2) is 0 Å². The molecule has 4 fully saturated rings. The van der Waals surface area contributed by atoms with Gasteiger partial charge in [-0.15, -0.1) is 0 Å². The van der Waals surface area contributed by atoms with E-state index in [0.717, 1.165) is 44.4 Å². The van der Waals surface area contributed by atoms with E-state index in [1.807, 2.05) is 0 Å². The van der Waals surface area contributed by atoms with Crippen LogP contribution in [0.1, 0.15) is 91.4 Å². The quantitative estimate of drug-likeness (QED) is 0.383. The van der Waals surface area contributed by atoms with Crippen molar-refractivity contribution >= 4 is 40.7 Å². The second-order valence-corrected chi connectivity index (χ2v) is 10.8. The molecule has 29 heavy (non-hydrogen) atoms. The van der Waals surface area contributed by atoms with Crippen LogP contribution in [-0.4, -0.2) is 27.0 Å². The summed E-state index contributed by atoms with van der Waals surface area (Å²) in [6, 6.07) is 0. The zero-order valence-electron chi connectivity index (χ0n) is 18.1. The summed E-state index contributed by atoms with van der Waals surface area (Å²) >= 11 is 12.0. The van der Waals surface area contributed by atoms with Crippen molar-refractivity contribution in [2.24, 2.45) is 22.7 Å².